The fourth-order valence-electron chi connectivity index (χ4n) is 2.37. The van der Waals surface area contributed by atoms with Gasteiger partial charge in [0, 0.05) is 25.8 Å². The SMILES string of the molecule is CN(CCCC(=O)Nc1nnc(SCc2ccccc2)s1)S(=O)(=O)c1cccs1. The molecule has 2 aromatic heterocycles. The maximum atomic E-state index is 12.3. The predicted octanol–water partition coefficient (Wildman–Crippen LogP) is 3.93. The second-order valence-electron chi connectivity index (χ2n) is 6.06. The molecule has 0 bridgehead atoms. The molecule has 0 radical (unpaired) electrons. The van der Waals surface area contributed by atoms with Crippen LogP contribution in [0.4, 0.5) is 5.13 Å². The van der Waals surface area contributed by atoms with Crippen LogP contribution in [0.5, 0.6) is 0 Å². The third-order valence-electron chi connectivity index (χ3n) is 3.89. The van der Waals surface area contributed by atoms with Gasteiger partial charge in [-0.3, -0.25) is 4.79 Å². The number of rotatable bonds is 10. The number of carbonyl (C=O) groups excluding carboxylic acids is 1. The van der Waals surface area contributed by atoms with Gasteiger partial charge in [-0.2, -0.15) is 0 Å². The molecule has 7 nitrogen and oxygen atoms in total. The lowest BCUT2D eigenvalue weighted by molar-refractivity contribution is -0.116. The molecule has 0 saturated carbocycles. The second-order valence-corrected chi connectivity index (χ2v) is 11.5. The number of sulfonamides is 1. The summed E-state index contributed by atoms with van der Waals surface area (Å²) in [7, 11) is -1.96. The van der Waals surface area contributed by atoms with Gasteiger partial charge in [0.05, 0.1) is 0 Å². The van der Waals surface area contributed by atoms with Crippen LogP contribution >= 0.6 is 34.4 Å². The van der Waals surface area contributed by atoms with E-state index in [1.807, 2.05) is 30.3 Å². The Hall–Kier alpha value is -1.79. The highest BCUT2D eigenvalue weighted by Crippen LogP contribution is 2.28. The number of nitrogens with zero attached hydrogens (tertiary/aromatic N) is 3. The molecule has 0 aliphatic carbocycles. The molecular formula is C18H20N4O3S4. The van der Waals surface area contributed by atoms with Gasteiger partial charge in [-0.25, -0.2) is 12.7 Å². The van der Waals surface area contributed by atoms with Crippen LogP contribution in [0.3, 0.4) is 0 Å². The molecule has 0 fully saturated rings. The zero-order valence-corrected chi connectivity index (χ0v) is 18.9. The summed E-state index contributed by atoms with van der Waals surface area (Å²) in [6.45, 7) is 0.266. The molecule has 154 valence electrons. The van der Waals surface area contributed by atoms with E-state index >= 15 is 0 Å². The maximum absolute atomic E-state index is 12.3. The van der Waals surface area contributed by atoms with Crippen molar-refractivity contribution in [1.82, 2.24) is 14.5 Å². The number of hydrogen-bond donors (Lipinski definition) is 1. The first-order valence-corrected chi connectivity index (χ1v) is 12.9. The molecule has 0 spiro atoms. The van der Waals surface area contributed by atoms with E-state index in [9.17, 15) is 13.2 Å². The Kier molecular flexibility index (Phi) is 7.78. The van der Waals surface area contributed by atoms with Gasteiger partial charge in [0.1, 0.15) is 4.21 Å². The molecule has 0 saturated heterocycles. The van der Waals surface area contributed by atoms with E-state index in [-0.39, 0.29) is 18.9 Å². The molecule has 2 heterocycles. The lowest BCUT2D eigenvalue weighted by Crippen LogP contribution is -2.28. The maximum Gasteiger partial charge on any atom is 0.252 e. The smallest absolute Gasteiger partial charge is 0.252 e. The number of aromatic nitrogens is 2. The Morgan fingerprint density at radius 1 is 1.17 bits per heavy atom. The highest BCUT2D eigenvalue weighted by atomic mass is 32.2. The van der Waals surface area contributed by atoms with Crippen molar-refractivity contribution < 1.29 is 13.2 Å². The lowest BCUT2D eigenvalue weighted by Gasteiger charge is -2.15. The summed E-state index contributed by atoms with van der Waals surface area (Å²) in [6.07, 6.45) is 0.623. The Morgan fingerprint density at radius 3 is 2.69 bits per heavy atom. The fourth-order valence-corrected chi connectivity index (χ4v) is 6.50. The van der Waals surface area contributed by atoms with Crippen LogP contribution in [-0.4, -0.2) is 42.4 Å². The highest BCUT2D eigenvalue weighted by molar-refractivity contribution is 8.00. The van der Waals surface area contributed by atoms with Gasteiger partial charge in [0.15, 0.2) is 4.34 Å². The number of benzene rings is 1. The first-order valence-electron chi connectivity index (χ1n) is 8.75. The van der Waals surface area contributed by atoms with Crippen molar-refractivity contribution in [2.24, 2.45) is 0 Å². The molecule has 0 aliphatic heterocycles. The van der Waals surface area contributed by atoms with E-state index in [0.717, 1.165) is 10.1 Å². The zero-order valence-electron chi connectivity index (χ0n) is 15.6. The van der Waals surface area contributed by atoms with Gasteiger partial charge < -0.3 is 5.32 Å². The van der Waals surface area contributed by atoms with Crippen LogP contribution in [0.1, 0.15) is 18.4 Å². The Labute approximate surface area is 182 Å². The molecule has 0 aliphatic rings. The number of thiophene rings is 1. The van der Waals surface area contributed by atoms with Crippen LogP contribution in [0.15, 0.2) is 56.4 Å². The minimum Gasteiger partial charge on any atom is -0.301 e. The van der Waals surface area contributed by atoms with Crippen molar-refractivity contribution >= 4 is 55.5 Å². The lowest BCUT2D eigenvalue weighted by atomic mass is 10.2. The number of hydrogen-bond acceptors (Lipinski definition) is 8. The summed E-state index contributed by atoms with van der Waals surface area (Å²) in [4.78, 5) is 12.1. The quantitative estimate of drug-likeness (QED) is 0.358. The van der Waals surface area contributed by atoms with Crippen LogP contribution in [0.2, 0.25) is 0 Å². The topological polar surface area (TPSA) is 92.3 Å². The average Bonchev–Trinajstić information content (AvgIpc) is 3.39. The summed E-state index contributed by atoms with van der Waals surface area (Å²) in [6, 6.07) is 13.3. The van der Waals surface area contributed by atoms with Gasteiger partial charge >= 0.3 is 0 Å². The number of amides is 1. The van der Waals surface area contributed by atoms with E-state index in [1.165, 1.54) is 39.6 Å². The molecule has 11 heteroatoms. The van der Waals surface area contributed by atoms with Gasteiger partial charge in [-0.1, -0.05) is 59.5 Å². The summed E-state index contributed by atoms with van der Waals surface area (Å²) < 4.78 is 27.0. The molecular weight excluding hydrogens is 448 g/mol. The van der Waals surface area contributed by atoms with Gasteiger partial charge in [0.25, 0.3) is 10.0 Å². The number of carbonyl (C=O) groups is 1. The van der Waals surface area contributed by atoms with E-state index < -0.39 is 10.0 Å². The van der Waals surface area contributed by atoms with Crippen molar-refractivity contribution in [3.63, 3.8) is 0 Å². The van der Waals surface area contributed by atoms with Crippen molar-refractivity contribution in [1.29, 1.82) is 0 Å². The molecule has 0 atom stereocenters. The number of anilines is 1. The van der Waals surface area contributed by atoms with Crippen molar-refractivity contribution in [3.05, 3.63) is 53.4 Å². The molecule has 29 heavy (non-hydrogen) atoms. The van der Waals surface area contributed by atoms with Crippen molar-refractivity contribution in [2.75, 3.05) is 18.9 Å². The molecule has 3 aromatic rings. The van der Waals surface area contributed by atoms with Crippen molar-refractivity contribution in [3.8, 4) is 0 Å². The zero-order chi connectivity index (χ0) is 20.7. The summed E-state index contributed by atoms with van der Waals surface area (Å²) in [5.74, 6) is 0.580. The Morgan fingerprint density at radius 2 is 1.97 bits per heavy atom. The van der Waals surface area contributed by atoms with Crippen LogP contribution in [0.25, 0.3) is 0 Å². The third-order valence-corrected chi connectivity index (χ3v) is 9.17. The Bertz CT molecular complexity index is 1020. The van der Waals surface area contributed by atoms with E-state index in [4.69, 9.17) is 0 Å². The molecule has 0 unspecified atom stereocenters. The van der Waals surface area contributed by atoms with E-state index in [2.05, 4.69) is 15.5 Å². The largest absolute Gasteiger partial charge is 0.301 e. The molecule has 1 N–H and O–H groups in total. The molecule has 1 amide bonds. The van der Waals surface area contributed by atoms with Gasteiger partial charge in [-0.05, 0) is 23.4 Å². The first-order chi connectivity index (χ1) is 13.9. The summed E-state index contributed by atoms with van der Waals surface area (Å²) >= 11 is 4.07. The average molecular weight is 469 g/mol. The molecule has 1 aromatic carbocycles. The third kappa shape index (κ3) is 6.34. The normalized spacial score (nSPS) is 11.7. The minimum atomic E-state index is -3.48. The van der Waals surface area contributed by atoms with Crippen LogP contribution in [-0.2, 0) is 20.6 Å². The minimum absolute atomic E-state index is 0.205. The predicted molar refractivity (Wildman–Crippen MR) is 118 cm³/mol. The monoisotopic (exact) mass is 468 g/mol. The van der Waals surface area contributed by atoms with Crippen molar-refractivity contribution in [2.45, 2.75) is 27.1 Å². The second kappa shape index (κ2) is 10.3. The van der Waals surface area contributed by atoms with Crippen LogP contribution < -0.4 is 5.32 Å². The number of nitrogens with one attached hydrogen (secondary N) is 1. The molecule has 3 rings (SSSR count). The van der Waals surface area contributed by atoms with Crippen LogP contribution in [0, 0.1) is 0 Å². The fraction of sp³-hybridized carbons (Fsp3) is 0.278. The summed E-state index contributed by atoms with van der Waals surface area (Å²) in [5, 5.41) is 13.0. The standard InChI is InChI=1S/C18H20N4O3S4/c1-22(29(24,25)16-10-6-12-26-16)11-5-9-15(23)19-17-20-21-18(28-17)27-13-14-7-3-2-4-8-14/h2-4,6-8,10,12H,5,9,11,13H2,1H3,(H,19,20,23). The van der Waals surface area contributed by atoms with E-state index in [0.29, 0.717) is 15.8 Å². The Balaban J connectivity index is 1.41. The summed E-state index contributed by atoms with van der Waals surface area (Å²) in [5.41, 5.74) is 1.19. The van der Waals surface area contributed by atoms with E-state index in [1.54, 1.807) is 29.3 Å². The highest BCUT2D eigenvalue weighted by Gasteiger charge is 2.21. The van der Waals surface area contributed by atoms with Gasteiger partial charge in [-0.15, -0.1) is 21.5 Å². The van der Waals surface area contributed by atoms with Gasteiger partial charge in [0.2, 0.25) is 11.0 Å². The first kappa shape index (κ1) is 21.9. The number of thioether (sulfide) groups is 1.